The number of halogens is 1. The number of hydrogen-bond donors (Lipinski definition) is 1. The molecule has 28 heavy (non-hydrogen) atoms. The van der Waals surface area contributed by atoms with Gasteiger partial charge in [-0.25, -0.2) is 4.39 Å². The van der Waals surface area contributed by atoms with Crippen LogP contribution in [0.25, 0.3) is 11.4 Å². The second-order valence-corrected chi connectivity index (χ2v) is 6.85. The fourth-order valence-corrected chi connectivity index (χ4v) is 2.77. The van der Waals surface area contributed by atoms with Crippen molar-refractivity contribution in [2.75, 3.05) is 7.11 Å². The summed E-state index contributed by atoms with van der Waals surface area (Å²) in [5.74, 6) is 1.06. The molecule has 1 amide bonds. The molecule has 1 atom stereocenters. The van der Waals surface area contributed by atoms with Gasteiger partial charge in [-0.3, -0.25) is 4.79 Å². The molecule has 7 heteroatoms. The standard InChI is InChI=1S/C21H22FN3O3/c1-13(2)12-18(23-20(26)15-6-10-17(27-3)11-7-15)21-24-19(25-28-21)14-4-8-16(22)9-5-14/h4-11,13,18H,12H2,1-3H3,(H,23,26)/t18-/m1/s1. The van der Waals surface area contributed by atoms with E-state index < -0.39 is 6.04 Å². The van der Waals surface area contributed by atoms with Crippen LogP contribution in [0.5, 0.6) is 5.75 Å². The van der Waals surface area contributed by atoms with Gasteiger partial charge < -0.3 is 14.6 Å². The molecule has 1 N–H and O–H groups in total. The maximum atomic E-state index is 13.1. The summed E-state index contributed by atoms with van der Waals surface area (Å²) in [5.41, 5.74) is 1.15. The van der Waals surface area contributed by atoms with Crippen LogP contribution in [0, 0.1) is 11.7 Å². The van der Waals surface area contributed by atoms with Crippen molar-refractivity contribution in [3.63, 3.8) is 0 Å². The lowest BCUT2D eigenvalue weighted by Crippen LogP contribution is -2.29. The number of nitrogens with one attached hydrogen (secondary N) is 1. The molecule has 0 saturated carbocycles. The molecular weight excluding hydrogens is 361 g/mol. The monoisotopic (exact) mass is 383 g/mol. The van der Waals surface area contributed by atoms with Crippen molar-refractivity contribution in [3.8, 4) is 17.1 Å². The Bertz CT molecular complexity index is 921. The molecule has 0 spiro atoms. The number of carbonyl (C=O) groups is 1. The van der Waals surface area contributed by atoms with Gasteiger partial charge in [0.2, 0.25) is 11.7 Å². The third-order valence-corrected chi connectivity index (χ3v) is 4.21. The molecule has 6 nitrogen and oxygen atoms in total. The normalized spacial score (nSPS) is 12.0. The molecule has 3 rings (SSSR count). The summed E-state index contributed by atoms with van der Waals surface area (Å²) in [6.45, 7) is 4.09. The zero-order valence-electron chi connectivity index (χ0n) is 16.0. The van der Waals surface area contributed by atoms with E-state index >= 15 is 0 Å². The Morgan fingerprint density at radius 3 is 2.43 bits per heavy atom. The smallest absolute Gasteiger partial charge is 0.251 e. The summed E-state index contributed by atoms with van der Waals surface area (Å²) >= 11 is 0. The number of rotatable bonds is 7. The molecule has 0 aliphatic carbocycles. The molecule has 0 saturated heterocycles. The van der Waals surface area contributed by atoms with Crippen LogP contribution in [0.2, 0.25) is 0 Å². The fourth-order valence-electron chi connectivity index (χ4n) is 2.77. The summed E-state index contributed by atoms with van der Waals surface area (Å²) in [6.07, 6.45) is 0.632. The molecule has 0 unspecified atom stereocenters. The van der Waals surface area contributed by atoms with Crippen molar-refractivity contribution in [1.82, 2.24) is 15.5 Å². The van der Waals surface area contributed by atoms with Crippen molar-refractivity contribution in [1.29, 1.82) is 0 Å². The number of ether oxygens (including phenoxy) is 1. The lowest BCUT2D eigenvalue weighted by molar-refractivity contribution is 0.0922. The van der Waals surface area contributed by atoms with Gasteiger partial charge in [-0.15, -0.1) is 0 Å². The first-order valence-electron chi connectivity index (χ1n) is 9.00. The zero-order valence-corrected chi connectivity index (χ0v) is 16.0. The third-order valence-electron chi connectivity index (χ3n) is 4.21. The van der Waals surface area contributed by atoms with Gasteiger partial charge in [0.15, 0.2) is 0 Å². The highest BCUT2D eigenvalue weighted by molar-refractivity contribution is 5.94. The van der Waals surface area contributed by atoms with Gasteiger partial charge in [0.25, 0.3) is 5.91 Å². The highest BCUT2D eigenvalue weighted by Crippen LogP contribution is 2.24. The number of carbonyl (C=O) groups excluding carboxylic acids is 1. The predicted octanol–water partition coefficient (Wildman–Crippen LogP) is 4.40. The van der Waals surface area contributed by atoms with Crippen LogP contribution in [-0.2, 0) is 0 Å². The van der Waals surface area contributed by atoms with E-state index in [4.69, 9.17) is 9.26 Å². The van der Waals surface area contributed by atoms with E-state index in [1.165, 1.54) is 12.1 Å². The average Bonchev–Trinajstić information content (AvgIpc) is 3.18. The number of benzene rings is 2. The summed E-state index contributed by atoms with van der Waals surface area (Å²) in [4.78, 5) is 17.0. The summed E-state index contributed by atoms with van der Waals surface area (Å²) in [5, 5.41) is 6.93. The van der Waals surface area contributed by atoms with E-state index in [2.05, 4.69) is 15.5 Å². The number of hydrogen-bond acceptors (Lipinski definition) is 5. The van der Waals surface area contributed by atoms with Gasteiger partial charge in [-0.2, -0.15) is 4.98 Å². The Morgan fingerprint density at radius 1 is 1.14 bits per heavy atom. The minimum Gasteiger partial charge on any atom is -0.497 e. The van der Waals surface area contributed by atoms with Crippen molar-refractivity contribution < 1.29 is 18.4 Å². The minimum absolute atomic E-state index is 0.241. The second kappa shape index (κ2) is 8.65. The molecule has 0 fully saturated rings. The summed E-state index contributed by atoms with van der Waals surface area (Å²) < 4.78 is 23.6. The second-order valence-electron chi connectivity index (χ2n) is 6.85. The lowest BCUT2D eigenvalue weighted by Gasteiger charge is -2.17. The van der Waals surface area contributed by atoms with Crippen LogP contribution in [0.4, 0.5) is 4.39 Å². The molecule has 0 aliphatic rings. The lowest BCUT2D eigenvalue weighted by atomic mass is 10.0. The van der Waals surface area contributed by atoms with Crippen LogP contribution in [0.1, 0.15) is 42.6 Å². The van der Waals surface area contributed by atoms with Gasteiger partial charge in [0.05, 0.1) is 7.11 Å². The van der Waals surface area contributed by atoms with E-state index in [0.717, 1.165) is 0 Å². The first kappa shape index (κ1) is 19.5. The largest absolute Gasteiger partial charge is 0.497 e. The zero-order chi connectivity index (χ0) is 20.1. The van der Waals surface area contributed by atoms with Crippen molar-refractivity contribution in [2.24, 2.45) is 5.92 Å². The van der Waals surface area contributed by atoms with E-state index in [-0.39, 0.29) is 11.7 Å². The maximum Gasteiger partial charge on any atom is 0.251 e. The molecule has 0 radical (unpaired) electrons. The number of aromatic nitrogens is 2. The van der Waals surface area contributed by atoms with E-state index in [1.54, 1.807) is 43.5 Å². The molecule has 0 aliphatic heterocycles. The predicted molar refractivity (Wildman–Crippen MR) is 102 cm³/mol. The Hall–Kier alpha value is -3.22. The van der Waals surface area contributed by atoms with Crippen LogP contribution >= 0.6 is 0 Å². The van der Waals surface area contributed by atoms with E-state index in [1.807, 2.05) is 13.8 Å². The molecule has 0 bridgehead atoms. The van der Waals surface area contributed by atoms with Gasteiger partial charge in [-0.05, 0) is 60.9 Å². The Balaban J connectivity index is 1.79. The average molecular weight is 383 g/mol. The first-order chi connectivity index (χ1) is 13.5. The molecular formula is C21H22FN3O3. The fraction of sp³-hybridized carbons (Fsp3) is 0.286. The van der Waals surface area contributed by atoms with Crippen LogP contribution in [-0.4, -0.2) is 23.2 Å². The summed E-state index contributed by atoms with van der Waals surface area (Å²) in [6, 6.07) is 12.2. The van der Waals surface area contributed by atoms with Crippen LogP contribution in [0.3, 0.4) is 0 Å². The highest BCUT2D eigenvalue weighted by atomic mass is 19.1. The quantitative estimate of drug-likeness (QED) is 0.654. The van der Waals surface area contributed by atoms with Gasteiger partial charge >= 0.3 is 0 Å². The van der Waals surface area contributed by atoms with Gasteiger partial charge in [0.1, 0.15) is 17.6 Å². The minimum atomic E-state index is -0.434. The van der Waals surface area contributed by atoms with Crippen molar-refractivity contribution >= 4 is 5.91 Å². The molecule has 146 valence electrons. The topological polar surface area (TPSA) is 77.2 Å². The molecule has 2 aromatic carbocycles. The van der Waals surface area contributed by atoms with Crippen LogP contribution < -0.4 is 10.1 Å². The Labute approximate surface area is 162 Å². The Morgan fingerprint density at radius 2 is 1.82 bits per heavy atom. The van der Waals surface area contributed by atoms with Gasteiger partial charge in [-0.1, -0.05) is 19.0 Å². The molecule has 1 heterocycles. The van der Waals surface area contributed by atoms with Crippen molar-refractivity contribution in [3.05, 3.63) is 65.8 Å². The summed E-state index contributed by atoms with van der Waals surface area (Å²) in [7, 11) is 1.57. The highest BCUT2D eigenvalue weighted by Gasteiger charge is 2.23. The molecule has 3 aromatic rings. The third kappa shape index (κ3) is 4.73. The van der Waals surface area contributed by atoms with E-state index in [9.17, 15) is 9.18 Å². The Kier molecular flexibility index (Phi) is 6.03. The number of amides is 1. The SMILES string of the molecule is COc1ccc(C(=O)N[C@H](CC(C)C)c2nc(-c3ccc(F)cc3)no2)cc1. The van der Waals surface area contributed by atoms with Crippen molar-refractivity contribution in [2.45, 2.75) is 26.3 Å². The molecule has 1 aromatic heterocycles. The first-order valence-corrected chi connectivity index (χ1v) is 9.00. The number of methoxy groups -OCH3 is 1. The maximum absolute atomic E-state index is 13.1. The van der Waals surface area contributed by atoms with Gasteiger partial charge in [0, 0.05) is 11.1 Å². The van der Waals surface area contributed by atoms with Crippen LogP contribution in [0.15, 0.2) is 53.1 Å². The number of nitrogens with zero attached hydrogens (tertiary/aromatic N) is 2. The van der Waals surface area contributed by atoms with E-state index in [0.29, 0.717) is 40.9 Å².